The Morgan fingerprint density at radius 1 is 1.06 bits per heavy atom. The third-order valence-corrected chi connectivity index (χ3v) is 5.66. The molecular formula is C23H20N4O3S. The molecule has 2 amide bonds. The Labute approximate surface area is 183 Å². The number of amides is 2. The first kappa shape index (κ1) is 20.5. The van der Waals surface area contributed by atoms with Crippen LogP contribution in [0.2, 0.25) is 0 Å². The van der Waals surface area contributed by atoms with Crippen LogP contribution < -0.4 is 10.6 Å². The van der Waals surface area contributed by atoms with Crippen LogP contribution in [-0.2, 0) is 6.54 Å². The van der Waals surface area contributed by atoms with Crippen molar-refractivity contribution in [3.8, 4) is 11.5 Å². The zero-order valence-corrected chi connectivity index (χ0v) is 17.8. The standard InChI is InChI=1S/C23H20N4O3S/c1-14-9-11-31-20(14)22(29)25-13-19-15(2)30-23(27-19)16-6-5-7-17(12-16)26-21(28)18-8-3-4-10-24-18/h3-12H,13H2,1-2H3,(H,25,29)(H,26,28). The van der Waals surface area contributed by atoms with Crippen molar-refractivity contribution in [3.05, 3.63) is 87.7 Å². The Hall–Kier alpha value is -3.78. The fourth-order valence-corrected chi connectivity index (χ4v) is 3.83. The first-order chi connectivity index (χ1) is 15.0. The molecule has 0 aliphatic rings. The second-order valence-electron chi connectivity index (χ2n) is 6.89. The summed E-state index contributed by atoms with van der Waals surface area (Å²) in [5.74, 6) is 0.619. The summed E-state index contributed by atoms with van der Waals surface area (Å²) in [7, 11) is 0. The number of benzene rings is 1. The molecule has 4 rings (SSSR count). The number of nitrogens with one attached hydrogen (secondary N) is 2. The highest BCUT2D eigenvalue weighted by atomic mass is 32.1. The Kier molecular flexibility index (Phi) is 5.90. The van der Waals surface area contributed by atoms with Gasteiger partial charge in [0.05, 0.1) is 11.4 Å². The van der Waals surface area contributed by atoms with E-state index >= 15 is 0 Å². The van der Waals surface area contributed by atoms with Gasteiger partial charge in [-0.25, -0.2) is 4.98 Å². The van der Waals surface area contributed by atoms with E-state index in [4.69, 9.17) is 4.42 Å². The Morgan fingerprint density at radius 2 is 1.94 bits per heavy atom. The smallest absolute Gasteiger partial charge is 0.274 e. The average Bonchev–Trinajstić information content (AvgIpc) is 3.38. The van der Waals surface area contributed by atoms with E-state index in [0.29, 0.717) is 39.2 Å². The lowest BCUT2D eigenvalue weighted by molar-refractivity contribution is 0.0953. The van der Waals surface area contributed by atoms with E-state index in [1.165, 1.54) is 11.3 Å². The summed E-state index contributed by atoms with van der Waals surface area (Å²) in [4.78, 5) is 34.0. The summed E-state index contributed by atoms with van der Waals surface area (Å²) >= 11 is 1.41. The van der Waals surface area contributed by atoms with Crippen LogP contribution in [0, 0.1) is 13.8 Å². The molecule has 3 aromatic heterocycles. The highest BCUT2D eigenvalue weighted by Gasteiger charge is 2.15. The van der Waals surface area contributed by atoms with Gasteiger partial charge in [-0.2, -0.15) is 0 Å². The molecule has 4 aromatic rings. The molecule has 0 unspecified atom stereocenters. The van der Waals surface area contributed by atoms with Gasteiger partial charge in [-0.05, 0) is 61.2 Å². The van der Waals surface area contributed by atoms with Gasteiger partial charge in [-0.15, -0.1) is 11.3 Å². The monoisotopic (exact) mass is 432 g/mol. The minimum absolute atomic E-state index is 0.129. The number of rotatable bonds is 6. The maximum absolute atomic E-state index is 12.3. The topological polar surface area (TPSA) is 97.1 Å². The minimum atomic E-state index is -0.298. The molecule has 0 aliphatic heterocycles. The van der Waals surface area contributed by atoms with Crippen LogP contribution in [0.25, 0.3) is 11.5 Å². The molecule has 0 saturated heterocycles. The Bertz CT molecular complexity index is 1230. The van der Waals surface area contributed by atoms with Crippen molar-refractivity contribution in [3.63, 3.8) is 0 Å². The molecule has 1 aromatic carbocycles. The summed E-state index contributed by atoms with van der Waals surface area (Å²) in [6.07, 6.45) is 1.57. The highest BCUT2D eigenvalue weighted by Crippen LogP contribution is 2.25. The molecule has 0 saturated carbocycles. The number of hydrogen-bond donors (Lipinski definition) is 2. The van der Waals surface area contributed by atoms with Gasteiger partial charge in [0.25, 0.3) is 11.8 Å². The predicted octanol–water partition coefficient (Wildman–Crippen LogP) is 4.60. The minimum Gasteiger partial charge on any atom is -0.441 e. The van der Waals surface area contributed by atoms with Crippen LogP contribution in [0.15, 0.2) is 64.5 Å². The molecule has 0 radical (unpaired) electrons. The van der Waals surface area contributed by atoms with Crippen molar-refractivity contribution in [2.24, 2.45) is 0 Å². The quantitative estimate of drug-likeness (QED) is 0.464. The van der Waals surface area contributed by atoms with Crippen molar-refractivity contribution in [2.45, 2.75) is 20.4 Å². The molecule has 31 heavy (non-hydrogen) atoms. The second kappa shape index (κ2) is 8.93. The molecule has 0 spiro atoms. The number of oxazole rings is 1. The summed E-state index contributed by atoms with van der Waals surface area (Å²) in [6, 6.07) is 14.3. The van der Waals surface area contributed by atoms with Gasteiger partial charge in [-0.1, -0.05) is 12.1 Å². The van der Waals surface area contributed by atoms with Crippen LogP contribution in [0.5, 0.6) is 0 Å². The number of thiophene rings is 1. The van der Waals surface area contributed by atoms with Crippen molar-refractivity contribution in [1.82, 2.24) is 15.3 Å². The van der Waals surface area contributed by atoms with E-state index < -0.39 is 0 Å². The highest BCUT2D eigenvalue weighted by molar-refractivity contribution is 7.12. The van der Waals surface area contributed by atoms with E-state index in [1.54, 1.807) is 43.5 Å². The van der Waals surface area contributed by atoms with E-state index in [9.17, 15) is 9.59 Å². The van der Waals surface area contributed by atoms with Crippen LogP contribution in [-0.4, -0.2) is 21.8 Å². The number of carbonyl (C=O) groups is 2. The SMILES string of the molecule is Cc1ccsc1C(=O)NCc1nc(-c2cccc(NC(=O)c3ccccn3)c2)oc1C. The molecule has 0 bridgehead atoms. The van der Waals surface area contributed by atoms with Gasteiger partial charge >= 0.3 is 0 Å². The van der Waals surface area contributed by atoms with Gasteiger partial charge in [0.1, 0.15) is 17.1 Å². The largest absolute Gasteiger partial charge is 0.441 e. The fraction of sp³-hybridized carbons (Fsp3) is 0.130. The lowest BCUT2D eigenvalue weighted by Gasteiger charge is -2.05. The number of aryl methyl sites for hydroxylation is 2. The molecule has 2 N–H and O–H groups in total. The van der Waals surface area contributed by atoms with Gasteiger partial charge in [0, 0.05) is 17.4 Å². The van der Waals surface area contributed by atoms with Crippen LogP contribution >= 0.6 is 11.3 Å². The second-order valence-corrected chi connectivity index (χ2v) is 7.80. The summed E-state index contributed by atoms with van der Waals surface area (Å²) < 4.78 is 5.81. The first-order valence-corrected chi connectivity index (χ1v) is 10.5. The summed E-state index contributed by atoms with van der Waals surface area (Å²) in [5.41, 5.74) is 3.25. The number of anilines is 1. The number of aromatic nitrogens is 2. The Balaban J connectivity index is 1.46. The predicted molar refractivity (Wildman–Crippen MR) is 119 cm³/mol. The van der Waals surface area contributed by atoms with Crippen LogP contribution in [0.4, 0.5) is 5.69 Å². The lowest BCUT2D eigenvalue weighted by atomic mass is 10.2. The van der Waals surface area contributed by atoms with Gasteiger partial charge in [0.15, 0.2) is 0 Å². The number of pyridine rings is 1. The molecule has 7 nitrogen and oxygen atoms in total. The van der Waals surface area contributed by atoms with Crippen molar-refractivity contribution >= 4 is 28.8 Å². The zero-order chi connectivity index (χ0) is 21.8. The number of nitrogens with zero attached hydrogens (tertiary/aromatic N) is 2. The summed E-state index contributed by atoms with van der Waals surface area (Å²) in [5, 5.41) is 7.60. The lowest BCUT2D eigenvalue weighted by Crippen LogP contribution is -2.23. The van der Waals surface area contributed by atoms with E-state index in [1.807, 2.05) is 30.5 Å². The van der Waals surface area contributed by atoms with Crippen LogP contribution in [0.3, 0.4) is 0 Å². The maximum Gasteiger partial charge on any atom is 0.274 e. The van der Waals surface area contributed by atoms with Gasteiger partial charge < -0.3 is 15.1 Å². The van der Waals surface area contributed by atoms with Gasteiger partial charge in [0.2, 0.25) is 5.89 Å². The third kappa shape index (κ3) is 4.70. The molecule has 0 aliphatic carbocycles. The van der Waals surface area contributed by atoms with E-state index in [2.05, 4.69) is 20.6 Å². The molecule has 8 heteroatoms. The summed E-state index contributed by atoms with van der Waals surface area (Å²) in [6.45, 7) is 3.98. The normalized spacial score (nSPS) is 10.6. The number of carbonyl (C=O) groups excluding carboxylic acids is 2. The number of hydrogen-bond acceptors (Lipinski definition) is 6. The fourth-order valence-electron chi connectivity index (χ4n) is 2.99. The zero-order valence-electron chi connectivity index (χ0n) is 17.0. The van der Waals surface area contributed by atoms with Gasteiger partial charge in [-0.3, -0.25) is 14.6 Å². The van der Waals surface area contributed by atoms with Crippen LogP contribution in [0.1, 0.15) is 37.2 Å². The molecular weight excluding hydrogens is 412 g/mol. The molecule has 3 heterocycles. The van der Waals surface area contributed by atoms with Crippen molar-refractivity contribution in [1.29, 1.82) is 0 Å². The molecule has 156 valence electrons. The maximum atomic E-state index is 12.3. The molecule has 0 atom stereocenters. The molecule has 0 fully saturated rings. The van der Waals surface area contributed by atoms with Crippen molar-refractivity contribution < 1.29 is 14.0 Å². The average molecular weight is 433 g/mol. The first-order valence-electron chi connectivity index (χ1n) is 9.62. The van der Waals surface area contributed by atoms with E-state index in [-0.39, 0.29) is 18.4 Å². The Morgan fingerprint density at radius 3 is 2.68 bits per heavy atom. The van der Waals surface area contributed by atoms with Crippen molar-refractivity contribution in [2.75, 3.05) is 5.32 Å². The van der Waals surface area contributed by atoms with E-state index in [0.717, 1.165) is 5.56 Å². The third-order valence-electron chi connectivity index (χ3n) is 4.64.